The van der Waals surface area contributed by atoms with Crippen LogP contribution in [0.5, 0.6) is 0 Å². The molecule has 2 N–H and O–H groups in total. The number of aliphatic hydroxyl groups excluding tert-OH is 1. The average molecular weight is 306 g/mol. The van der Waals surface area contributed by atoms with Crippen LogP contribution in [0.4, 0.5) is 5.69 Å². The Balaban J connectivity index is 2.22. The van der Waals surface area contributed by atoms with Gasteiger partial charge in [0.05, 0.1) is 12.6 Å². The summed E-state index contributed by atoms with van der Waals surface area (Å²) in [6, 6.07) is 6.83. The molecule has 2 rings (SSSR count). The number of anilines is 1. The monoisotopic (exact) mass is 306 g/mol. The molecule has 0 bridgehead atoms. The number of hydrogen-bond donors (Lipinski definition) is 2. The molecule has 2 atom stereocenters. The number of nitrogens with zero attached hydrogens (tertiary/aromatic N) is 1. The highest BCUT2D eigenvalue weighted by Gasteiger charge is 2.38. The first-order valence-corrected chi connectivity index (χ1v) is 7.35. The van der Waals surface area contributed by atoms with E-state index in [2.05, 4.69) is 5.32 Å². The van der Waals surface area contributed by atoms with E-state index in [-0.39, 0.29) is 37.2 Å². The van der Waals surface area contributed by atoms with Crippen molar-refractivity contribution in [1.82, 2.24) is 4.90 Å². The molecule has 0 saturated carbocycles. The van der Waals surface area contributed by atoms with E-state index in [1.54, 1.807) is 17.0 Å². The molecular formula is C16H22N2O4. The van der Waals surface area contributed by atoms with Gasteiger partial charge in [-0.25, -0.2) is 0 Å². The maximum absolute atomic E-state index is 12.0. The van der Waals surface area contributed by atoms with Crippen molar-refractivity contribution < 1.29 is 19.4 Å². The van der Waals surface area contributed by atoms with Crippen molar-refractivity contribution >= 4 is 17.5 Å². The topological polar surface area (TPSA) is 78.9 Å². The predicted molar refractivity (Wildman–Crippen MR) is 82.3 cm³/mol. The third kappa shape index (κ3) is 3.45. The van der Waals surface area contributed by atoms with Crippen molar-refractivity contribution in [1.29, 1.82) is 0 Å². The minimum atomic E-state index is -0.409. The van der Waals surface area contributed by atoms with Gasteiger partial charge in [0.2, 0.25) is 11.8 Å². The number of morpholine rings is 1. The third-order valence-electron chi connectivity index (χ3n) is 3.68. The molecule has 1 saturated heterocycles. The van der Waals surface area contributed by atoms with Gasteiger partial charge in [0.25, 0.3) is 0 Å². The summed E-state index contributed by atoms with van der Waals surface area (Å²) in [4.78, 5) is 24.7. The molecule has 2 amide bonds. The summed E-state index contributed by atoms with van der Waals surface area (Å²) in [6.07, 6.45) is -0.378. The van der Waals surface area contributed by atoms with E-state index in [9.17, 15) is 14.7 Å². The maximum atomic E-state index is 12.0. The normalized spacial score (nSPS) is 22.0. The summed E-state index contributed by atoms with van der Waals surface area (Å²) in [5.41, 5.74) is 1.57. The molecule has 6 nitrogen and oxygen atoms in total. The molecule has 1 aromatic rings. The number of ether oxygens (including phenoxy) is 1. The summed E-state index contributed by atoms with van der Waals surface area (Å²) in [5, 5.41) is 12.4. The van der Waals surface area contributed by atoms with Gasteiger partial charge in [0.1, 0.15) is 12.7 Å². The van der Waals surface area contributed by atoms with Crippen LogP contribution in [-0.4, -0.2) is 47.1 Å². The van der Waals surface area contributed by atoms with Crippen LogP contribution in [0.25, 0.3) is 0 Å². The van der Waals surface area contributed by atoms with Crippen molar-refractivity contribution in [3.63, 3.8) is 0 Å². The third-order valence-corrected chi connectivity index (χ3v) is 3.68. The van der Waals surface area contributed by atoms with E-state index in [1.807, 2.05) is 26.0 Å². The summed E-state index contributed by atoms with van der Waals surface area (Å²) in [6.45, 7) is 5.13. The molecule has 0 aromatic heterocycles. The fourth-order valence-electron chi connectivity index (χ4n) is 2.81. The molecule has 1 aliphatic heterocycles. The zero-order valence-corrected chi connectivity index (χ0v) is 13.1. The Morgan fingerprint density at radius 1 is 1.41 bits per heavy atom. The minimum Gasteiger partial charge on any atom is -0.394 e. The van der Waals surface area contributed by atoms with E-state index in [1.165, 1.54) is 6.92 Å². The van der Waals surface area contributed by atoms with Crippen LogP contribution in [0, 0.1) is 0 Å². The smallest absolute Gasteiger partial charge is 0.249 e. The van der Waals surface area contributed by atoms with Gasteiger partial charge in [-0.05, 0) is 31.5 Å². The van der Waals surface area contributed by atoms with Gasteiger partial charge in [-0.15, -0.1) is 0 Å². The molecule has 6 heteroatoms. The van der Waals surface area contributed by atoms with Crippen LogP contribution in [0.3, 0.4) is 0 Å². The number of amides is 2. The summed E-state index contributed by atoms with van der Waals surface area (Å²) in [5.74, 6) is -0.244. The summed E-state index contributed by atoms with van der Waals surface area (Å²) in [7, 11) is 0. The summed E-state index contributed by atoms with van der Waals surface area (Å²) < 4.78 is 5.64. The molecule has 22 heavy (non-hydrogen) atoms. The van der Waals surface area contributed by atoms with E-state index in [4.69, 9.17) is 4.74 Å². The van der Waals surface area contributed by atoms with Gasteiger partial charge in [0, 0.05) is 18.7 Å². The van der Waals surface area contributed by atoms with Gasteiger partial charge in [0.15, 0.2) is 0 Å². The Kier molecular flexibility index (Phi) is 5.15. The van der Waals surface area contributed by atoms with E-state index in [0.717, 1.165) is 5.56 Å². The van der Waals surface area contributed by atoms with Gasteiger partial charge >= 0.3 is 0 Å². The van der Waals surface area contributed by atoms with Crippen LogP contribution in [-0.2, 0) is 14.3 Å². The number of nitrogens with one attached hydrogen (secondary N) is 1. The highest BCUT2D eigenvalue weighted by atomic mass is 16.5. The summed E-state index contributed by atoms with van der Waals surface area (Å²) >= 11 is 0. The van der Waals surface area contributed by atoms with Crippen molar-refractivity contribution in [2.45, 2.75) is 39.0 Å². The van der Waals surface area contributed by atoms with Crippen LogP contribution >= 0.6 is 0 Å². The molecule has 0 spiro atoms. The highest BCUT2D eigenvalue weighted by molar-refractivity contribution is 5.88. The largest absolute Gasteiger partial charge is 0.394 e. The molecule has 0 radical (unpaired) electrons. The number of carbonyl (C=O) groups excluding carboxylic acids is 2. The Bertz CT molecular complexity index is 542. The number of carbonyl (C=O) groups is 2. The Morgan fingerprint density at radius 3 is 2.55 bits per heavy atom. The lowest BCUT2D eigenvalue weighted by Crippen LogP contribution is -2.55. The fourth-order valence-corrected chi connectivity index (χ4v) is 2.81. The van der Waals surface area contributed by atoms with Crippen molar-refractivity contribution in [3.05, 3.63) is 29.8 Å². The maximum Gasteiger partial charge on any atom is 0.249 e. The zero-order chi connectivity index (χ0) is 16.3. The van der Waals surface area contributed by atoms with Crippen LogP contribution in [0.1, 0.15) is 32.4 Å². The Labute approximate surface area is 130 Å². The Morgan fingerprint density at radius 2 is 2.05 bits per heavy atom. The van der Waals surface area contributed by atoms with Crippen molar-refractivity contribution in [3.8, 4) is 0 Å². The first-order chi connectivity index (χ1) is 10.4. The fraction of sp³-hybridized carbons (Fsp3) is 0.500. The molecule has 2 unspecified atom stereocenters. The highest BCUT2D eigenvalue weighted by Crippen LogP contribution is 2.30. The van der Waals surface area contributed by atoms with Gasteiger partial charge in [-0.3, -0.25) is 9.59 Å². The predicted octanol–water partition coefficient (Wildman–Crippen LogP) is 1.31. The number of rotatable bonds is 4. The lowest BCUT2D eigenvalue weighted by Gasteiger charge is -2.42. The average Bonchev–Trinajstić information content (AvgIpc) is 2.46. The molecule has 1 aliphatic rings. The minimum absolute atomic E-state index is 0.00490. The molecule has 1 aromatic carbocycles. The lowest BCUT2D eigenvalue weighted by atomic mass is 9.98. The van der Waals surface area contributed by atoms with E-state index in [0.29, 0.717) is 5.69 Å². The molecule has 1 heterocycles. The standard InChI is InChI=1S/C16H22N2O4/c1-10(2)18-14(8-19)16(22-9-15(18)21)12-4-6-13(7-5-12)17-11(3)20/h4-7,10,14,16,19H,8-9H2,1-3H3,(H,17,20). The molecule has 0 aliphatic carbocycles. The lowest BCUT2D eigenvalue weighted by molar-refractivity contribution is -0.164. The first-order valence-electron chi connectivity index (χ1n) is 7.35. The van der Waals surface area contributed by atoms with E-state index >= 15 is 0 Å². The molecular weight excluding hydrogens is 284 g/mol. The second-order valence-electron chi connectivity index (χ2n) is 5.68. The SMILES string of the molecule is CC(=O)Nc1ccc(C2OCC(=O)N(C(C)C)C2CO)cc1. The first kappa shape index (κ1) is 16.5. The van der Waals surface area contributed by atoms with Gasteiger partial charge in [-0.2, -0.15) is 0 Å². The van der Waals surface area contributed by atoms with E-state index < -0.39 is 6.04 Å². The van der Waals surface area contributed by atoms with Crippen molar-refractivity contribution in [2.75, 3.05) is 18.5 Å². The molecule has 120 valence electrons. The van der Waals surface area contributed by atoms with Crippen molar-refractivity contribution in [2.24, 2.45) is 0 Å². The van der Waals surface area contributed by atoms with Gasteiger partial charge < -0.3 is 20.1 Å². The number of aliphatic hydroxyl groups is 1. The molecule has 1 fully saturated rings. The Hall–Kier alpha value is -1.92. The second kappa shape index (κ2) is 6.89. The number of benzene rings is 1. The van der Waals surface area contributed by atoms with Crippen LogP contribution < -0.4 is 5.32 Å². The number of hydrogen-bond acceptors (Lipinski definition) is 4. The zero-order valence-electron chi connectivity index (χ0n) is 13.1. The van der Waals surface area contributed by atoms with Crippen LogP contribution in [0.2, 0.25) is 0 Å². The van der Waals surface area contributed by atoms with Crippen LogP contribution in [0.15, 0.2) is 24.3 Å². The quantitative estimate of drug-likeness (QED) is 0.879. The van der Waals surface area contributed by atoms with Gasteiger partial charge in [-0.1, -0.05) is 12.1 Å². The second-order valence-corrected chi connectivity index (χ2v) is 5.68.